The Morgan fingerprint density at radius 3 is 1.27 bits per heavy atom. The molecule has 0 nitrogen and oxygen atoms in total. The van der Waals surface area contributed by atoms with Crippen LogP contribution in [0.3, 0.4) is 0 Å². The lowest BCUT2D eigenvalue weighted by molar-refractivity contribution is 0.699. The summed E-state index contributed by atoms with van der Waals surface area (Å²) in [7, 11) is 0. The molecule has 0 amide bonds. The van der Waals surface area contributed by atoms with E-state index in [0.717, 1.165) is 10.5 Å². The van der Waals surface area contributed by atoms with Crippen molar-refractivity contribution in [2.75, 3.05) is 0 Å². The van der Waals surface area contributed by atoms with E-state index in [4.69, 9.17) is 0 Å². The molecule has 0 heterocycles. The van der Waals surface area contributed by atoms with Crippen molar-refractivity contribution in [3.8, 4) is 0 Å². The molecule has 0 spiro atoms. The molecule has 0 radical (unpaired) electrons. The molecule has 2 aliphatic carbocycles. The van der Waals surface area contributed by atoms with E-state index in [1.807, 2.05) is 0 Å². The lowest BCUT2D eigenvalue weighted by atomic mass is 10.2. The summed E-state index contributed by atoms with van der Waals surface area (Å²) in [5, 5.41) is 1.87. The molecule has 0 N–H and O–H groups in total. The van der Waals surface area contributed by atoms with Gasteiger partial charge < -0.3 is 0 Å². The summed E-state index contributed by atoms with van der Waals surface area (Å²) >= 11 is 2.29. The normalized spacial score (nSPS) is 25.1. The third-order valence-corrected chi connectivity index (χ3v) is 5.05. The van der Waals surface area contributed by atoms with Crippen molar-refractivity contribution in [3.05, 3.63) is 24.3 Å². The van der Waals surface area contributed by atoms with E-state index in [1.54, 1.807) is 0 Å². The van der Waals surface area contributed by atoms with Crippen LogP contribution in [0, 0.1) is 0 Å². The minimum Gasteiger partial charge on any atom is -0.155 e. The molecule has 0 atom stereocenters. The van der Waals surface area contributed by atoms with Crippen LogP contribution in [0.1, 0.15) is 51.4 Å². The van der Waals surface area contributed by atoms with Crippen LogP contribution in [0.25, 0.3) is 0 Å². The first-order valence-corrected chi connectivity index (χ1v) is 7.35. The summed E-state index contributed by atoms with van der Waals surface area (Å²) in [5.41, 5.74) is 0. The summed E-state index contributed by atoms with van der Waals surface area (Å²) in [6.07, 6.45) is 20.3. The molecule has 84 valence electrons. The van der Waals surface area contributed by atoms with Crippen LogP contribution in [0.2, 0.25) is 0 Å². The summed E-state index contributed by atoms with van der Waals surface area (Å²) in [6.45, 7) is 0. The molecule has 0 aromatic heterocycles. The average Bonchev–Trinajstić information content (AvgIpc) is 2.63. The van der Waals surface area contributed by atoms with Gasteiger partial charge in [0.1, 0.15) is 0 Å². The van der Waals surface area contributed by atoms with E-state index >= 15 is 0 Å². The first kappa shape index (κ1) is 11.3. The zero-order chi connectivity index (χ0) is 10.3. The standard InChI is InChI=1S/C14H22S/c1-2-6-10-13(9-5-1)15-14-11-7-3-4-8-12-14/h1-4,13-14H,5-12H2. The van der Waals surface area contributed by atoms with Gasteiger partial charge in [-0.05, 0) is 51.4 Å². The third-order valence-electron chi connectivity index (χ3n) is 3.34. The molecule has 1 heteroatoms. The second-order valence-electron chi connectivity index (χ2n) is 4.63. The Balaban J connectivity index is 1.75. The lowest BCUT2D eigenvalue weighted by Gasteiger charge is -2.20. The topological polar surface area (TPSA) is 0 Å². The highest BCUT2D eigenvalue weighted by Crippen LogP contribution is 2.33. The van der Waals surface area contributed by atoms with Gasteiger partial charge in [-0.15, -0.1) is 0 Å². The summed E-state index contributed by atoms with van der Waals surface area (Å²) in [6, 6.07) is 0. The number of rotatable bonds is 2. The molecule has 0 fully saturated rings. The minimum absolute atomic E-state index is 0.933. The largest absolute Gasteiger partial charge is 0.155 e. The van der Waals surface area contributed by atoms with Crippen LogP contribution in [0.4, 0.5) is 0 Å². The molecule has 15 heavy (non-hydrogen) atoms. The van der Waals surface area contributed by atoms with Gasteiger partial charge in [-0.1, -0.05) is 24.3 Å². The van der Waals surface area contributed by atoms with Crippen molar-refractivity contribution < 1.29 is 0 Å². The molecular formula is C14H22S. The van der Waals surface area contributed by atoms with Crippen molar-refractivity contribution in [2.45, 2.75) is 61.9 Å². The first-order chi connectivity index (χ1) is 7.45. The van der Waals surface area contributed by atoms with Crippen LogP contribution in [-0.4, -0.2) is 10.5 Å². The highest BCUT2D eigenvalue weighted by atomic mass is 32.2. The Morgan fingerprint density at radius 2 is 0.933 bits per heavy atom. The summed E-state index contributed by atoms with van der Waals surface area (Å²) < 4.78 is 0. The third kappa shape index (κ3) is 4.06. The van der Waals surface area contributed by atoms with Gasteiger partial charge in [0.2, 0.25) is 0 Å². The Labute approximate surface area is 98.2 Å². The SMILES string of the molecule is C1=CCCC(SC2CCC=CCC2)CC1. The second-order valence-corrected chi connectivity index (χ2v) is 6.24. The predicted octanol–water partition coefficient (Wildman–Crippen LogP) is 4.72. The zero-order valence-corrected chi connectivity index (χ0v) is 10.3. The van der Waals surface area contributed by atoms with Crippen LogP contribution in [-0.2, 0) is 0 Å². The molecule has 0 aromatic rings. The van der Waals surface area contributed by atoms with Gasteiger partial charge in [-0.3, -0.25) is 0 Å². The van der Waals surface area contributed by atoms with Gasteiger partial charge in [0.25, 0.3) is 0 Å². The molecule has 2 rings (SSSR count). The highest BCUT2D eigenvalue weighted by molar-refractivity contribution is 8.00. The van der Waals surface area contributed by atoms with Gasteiger partial charge in [0.05, 0.1) is 0 Å². The maximum atomic E-state index is 2.37. The molecule has 0 saturated heterocycles. The molecule has 2 aliphatic rings. The molecular weight excluding hydrogens is 200 g/mol. The van der Waals surface area contributed by atoms with Gasteiger partial charge in [0.15, 0.2) is 0 Å². The van der Waals surface area contributed by atoms with E-state index in [9.17, 15) is 0 Å². The molecule has 0 saturated carbocycles. The first-order valence-electron chi connectivity index (χ1n) is 6.40. The van der Waals surface area contributed by atoms with Crippen LogP contribution in [0.15, 0.2) is 24.3 Å². The van der Waals surface area contributed by atoms with Crippen LogP contribution >= 0.6 is 11.8 Å². The Kier molecular flexibility index (Phi) is 4.85. The van der Waals surface area contributed by atoms with Gasteiger partial charge in [-0.25, -0.2) is 0 Å². The molecule has 0 aromatic carbocycles. The van der Waals surface area contributed by atoms with Crippen LogP contribution < -0.4 is 0 Å². The maximum Gasteiger partial charge on any atom is 0.00557 e. The fourth-order valence-corrected chi connectivity index (χ4v) is 4.07. The van der Waals surface area contributed by atoms with E-state index < -0.39 is 0 Å². The fourth-order valence-electron chi connectivity index (χ4n) is 2.43. The average molecular weight is 222 g/mol. The van der Waals surface area contributed by atoms with E-state index in [2.05, 4.69) is 36.1 Å². The monoisotopic (exact) mass is 222 g/mol. The second kappa shape index (κ2) is 6.42. The number of thioether (sulfide) groups is 1. The Hall–Kier alpha value is -0.170. The van der Waals surface area contributed by atoms with Gasteiger partial charge in [0, 0.05) is 10.5 Å². The van der Waals surface area contributed by atoms with Gasteiger partial charge in [-0.2, -0.15) is 11.8 Å². The summed E-state index contributed by atoms with van der Waals surface area (Å²) in [5.74, 6) is 0. The summed E-state index contributed by atoms with van der Waals surface area (Å²) in [4.78, 5) is 0. The minimum atomic E-state index is 0.933. The predicted molar refractivity (Wildman–Crippen MR) is 70.4 cm³/mol. The highest BCUT2D eigenvalue weighted by Gasteiger charge is 2.17. The quantitative estimate of drug-likeness (QED) is 0.609. The van der Waals surface area contributed by atoms with Gasteiger partial charge >= 0.3 is 0 Å². The van der Waals surface area contributed by atoms with Crippen molar-refractivity contribution in [2.24, 2.45) is 0 Å². The lowest BCUT2D eigenvalue weighted by Crippen LogP contribution is -2.10. The fraction of sp³-hybridized carbons (Fsp3) is 0.714. The molecule has 0 aliphatic heterocycles. The number of hydrogen-bond acceptors (Lipinski definition) is 1. The number of hydrogen-bond donors (Lipinski definition) is 0. The Bertz CT molecular complexity index is 185. The smallest absolute Gasteiger partial charge is 0.00557 e. The molecule has 0 bridgehead atoms. The Morgan fingerprint density at radius 1 is 0.600 bits per heavy atom. The van der Waals surface area contributed by atoms with Crippen molar-refractivity contribution in [1.29, 1.82) is 0 Å². The van der Waals surface area contributed by atoms with E-state index in [1.165, 1.54) is 51.4 Å². The van der Waals surface area contributed by atoms with Crippen molar-refractivity contribution in [1.82, 2.24) is 0 Å². The zero-order valence-electron chi connectivity index (χ0n) is 9.53. The van der Waals surface area contributed by atoms with E-state index in [0.29, 0.717) is 0 Å². The van der Waals surface area contributed by atoms with Crippen molar-refractivity contribution >= 4 is 11.8 Å². The molecule has 0 unspecified atom stereocenters. The van der Waals surface area contributed by atoms with E-state index in [-0.39, 0.29) is 0 Å². The van der Waals surface area contributed by atoms with Crippen molar-refractivity contribution in [3.63, 3.8) is 0 Å². The van der Waals surface area contributed by atoms with Crippen LogP contribution in [0.5, 0.6) is 0 Å². The number of allylic oxidation sites excluding steroid dienone is 4. The maximum absolute atomic E-state index is 2.37.